The minimum absolute atomic E-state index is 0.551. The summed E-state index contributed by atoms with van der Waals surface area (Å²) in [6, 6.07) is 5.60. The van der Waals surface area contributed by atoms with E-state index < -0.39 is 6.10 Å². The van der Waals surface area contributed by atoms with Crippen LogP contribution < -0.4 is 0 Å². The second-order valence-corrected chi connectivity index (χ2v) is 6.46. The van der Waals surface area contributed by atoms with E-state index in [1.807, 2.05) is 25.1 Å². The molecule has 1 unspecified atom stereocenters. The molecule has 1 atom stereocenters. The van der Waals surface area contributed by atoms with E-state index in [4.69, 9.17) is 11.6 Å². The highest BCUT2D eigenvalue weighted by molar-refractivity contribution is 8.01. The van der Waals surface area contributed by atoms with Crippen molar-refractivity contribution in [1.29, 1.82) is 0 Å². The van der Waals surface area contributed by atoms with Crippen LogP contribution in [0.15, 0.2) is 27.4 Å². The monoisotopic (exact) mass is 286 g/mol. The molecule has 90 valence electrons. The summed E-state index contributed by atoms with van der Waals surface area (Å²) in [5.74, 6) is 0. The Morgan fingerprint density at radius 1 is 1.41 bits per heavy atom. The quantitative estimate of drug-likeness (QED) is 0.934. The van der Waals surface area contributed by atoms with Gasteiger partial charge in [-0.15, -0.1) is 10.2 Å². The van der Waals surface area contributed by atoms with Crippen LogP contribution in [-0.4, -0.2) is 15.3 Å². The van der Waals surface area contributed by atoms with E-state index in [1.54, 1.807) is 18.3 Å². The van der Waals surface area contributed by atoms with Crippen LogP contribution in [0.1, 0.15) is 23.6 Å². The number of aliphatic hydroxyl groups is 1. The summed E-state index contributed by atoms with van der Waals surface area (Å²) in [6.45, 7) is 3.62. The Labute approximate surface area is 113 Å². The molecule has 2 rings (SSSR count). The maximum absolute atomic E-state index is 9.48. The van der Waals surface area contributed by atoms with E-state index in [9.17, 15) is 5.11 Å². The molecule has 17 heavy (non-hydrogen) atoms. The number of rotatable bonds is 3. The number of hydrogen-bond donors (Lipinski definition) is 1. The molecule has 0 saturated heterocycles. The first-order valence-corrected chi connectivity index (χ1v) is 7.03. The van der Waals surface area contributed by atoms with Gasteiger partial charge in [0.1, 0.15) is 5.01 Å². The van der Waals surface area contributed by atoms with Gasteiger partial charge in [0.25, 0.3) is 0 Å². The molecule has 2 aromatic rings. The molecule has 3 nitrogen and oxygen atoms in total. The van der Waals surface area contributed by atoms with E-state index in [0.717, 1.165) is 19.8 Å². The Balaban J connectivity index is 2.20. The van der Waals surface area contributed by atoms with Crippen LogP contribution in [0.25, 0.3) is 0 Å². The molecule has 1 heterocycles. The van der Waals surface area contributed by atoms with Crippen molar-refractivity contribution in [2.45, 2.75) is 29.2 Å². The molecule has 0 spiro atoms. The molecule has 6 heteroatoms. The predicted octanol–water partition coefficient (Wildman–Crippen LogP) is 3.70. The van der Waals surface area contributed by atoms with Gasteiger partial charge in [-0.25, -0.2) is 0 Å². The molecule has 0 aliphatic rings. The van der Waals surface area contributed by atoms with Crippen LogP contribution in [-0.2, 0) is 0 Å². The second kappa shape index (κ2) is 5.35. The normalized spacial score (nSPS) is 12.7. The Morgan fingerprint density at radius 3 is 2.71 bits per heavy atom. The van der Waals surface area contributed by atoms with Gasteiger partial charge in [-0.2, -0.15) is 0 Å². The molecule has 0 aliphatic carbocycles. The minimum Gasteiger partial charge on any atom is -0.389 e. The summed E-state index contributed by atoms with van der Waals surface area (Å²) in [5, 5.41) is 19.0. The maximum atomic E-state index is 9.48. The summed E-state index contributed by atoms with van der Waals surface area (Å²) in [4.78, 5) is 0.996. The Kier molecular flexibility index (Phi) is 4.04. The minimum atomic E-state index is -0.551. The summed E-state index contributed by atoms with van der Waals surface area (Å²) in [5.41, 5.74) is 0.740. The van der Waals surface area contributed by atoms with Crippen molar-refractivity contribution in [3.63, 3.8) is 0 Å². The van der Waals surface area contributed by atoms with E-state index in [0.29, 0.717) is 5.02 Å². The molecule has 0 aliphatic heterocycles. The van der Waals surface area contributed by atoms with Gasteiger partial charge >= 0.3 is 0 Å². The number of aromatic nitrogens is 2. The van der Waals surface area contributed by atoms with Crippen LogP contribution in [0, 0.1) is 6.92 Å². The third-order valence-electron chi connectivity index (χ3n) is 2.13. The predicted molar refractivity (Wildman–Crippen MR) is 70.9 cm³/mol. The van der Waals surface area contributed by atoms with Crippen molar-refractivity contribution in [3.05, 3.63) is 33.8 Å². The van der Waals surface area contributed by atoms with Crippen molar-refractivity contribution in [1.82, 2.24) is 10.2 Å². The van der Waals surface area contributed by atoms with Crippen LogP contribution in [0.2, 0.25) is 5.02 Å². The zero-order chi connectivity index (χ0) is 12.4. The molecular formula is C11H11ClN2OS2. The smallest absolute Gasteiger partial charge is 0.179 e. The van der Waals surface area contributed by atoms with E-state index in [1.165, 1.54) is 11.8 Å². The summed E-state index contributed by atoms with van der Waals surface area (Å²) >= 11 is 9.16. The van der Waals surface area contributed by atoms with Gasteiger partial charge in [-0.05, 0) is 31.5 Å². The molecule has 1 aromatic carbocycles. The second-order valence-electron chi connectivity index (χ2n) is 3.55. The van der Waals surface area contributed by atoms with Crippen LogP contribution in [0.5, 0.6) is 0 Å². The van der Waals surface area contributed by atoms with Crippen LogP contribution in [0.4, 0.5) is 0 Å². The Bertz CT molecular complexity index is 528. The van der Waals surface area contributed by atoms with E-state index in [2.05, 4.69) is 10.2 Å². The highest BCUT2D eigenvalue weighted by Crippen LogP contribution is 2.33. The van der Waals surface area contributed by atoms with Gasteiger partial charge in [0.05, 0.1) is 6.10 Å². The number of hydrogen-bond acceptors (Lipinski definition) is 5. The topological polar surface area (TPSA) is 46.0 Å². The largest absolute Gasteiger partial charge is 0.389 e. The lowest BCUT2D eigenvalue weighted by Gasteiger charge is -2.08. The fourth-order valence-corrected chi connectivity index (χ4v) is 3.56. The summed E-state index contributed by atoms with van der Waals surface area (Å²) < 4.78 is 0.892. The van der Waals surface area contributed by atoms with Crippen molar-refractivity contribution in [2.24, 2.45) is 0 Å². The Morgan fingerprint density at radius 2 is 2.18 bits per heavy atom. The highest BCUT2D eigenvalue weighted by Gasteiger charge is 2.09. The SMILES string of the molecule is Cc1nnc(Sc2ccc(C(C)O)c(Cl)c2)s1. The molecule has 0 amide bonds. The number of nitrogens with zero attached hydrogens (tertiary/aromatic N) is 2. The van der Waals surface area contributed by atoms with Crippen LogP contribution >= 0.6 is 34.7 Å². The first-order valence-electron chi connectivity index (χ1n) is 5.01. The molecule has 0 saturated carbocycles. The number of aliphatic hydroxyl groups excluding tert-OH is 1. The lowest BCUT2D eigenvalue weighted by Crippen LogP contribution is -1.91. The van der Waals surface area contributed by atoms with Gasteiger partial charge in [0.2, 0.25) is 0 Å². The average molecular weight is 287 g/mol. The summed E-state index contributed by atoms with van der Waals surface area (Å²) in [6.07, 6.45) is -0.551. The van der Waals surface area contributed by atoms with E-state index in [-0.39, 0.29) is 0 Å². The first kappa shape index (κ1) is 12.8. The standard InChI is InChI=1S/C11H11ClN2OS2/c1-6(15)9-4-3-8(5-10(9)12)17-11-14-13-7(2)16-11/h3-6,15H,1-2H3. The first-order chi connectivity index (χ1) is 8.06. The third kappa shape index (κ3) is 3.19. The zero-order valence-corrected chi connectivity index (χ0v) is 11.7. The molecule has 1 aromatic heterocycles. The van der Waals surface area contributed by atoms with Crippen molar-refractivity contribution >= 4 is 34.7 Å². The van der Waals surface area contributed by atoms with Gasteiger partial charge in [-0.1, -0.05) is 40.8 Å². The Hall–Kier alpha value is -0.620. The van der Waals surface area contributed by atoms with Gasteiger partial charge < -0.3 is 5.11 Å². The van der Waals surface area contributed by atoms with Crippen LogP contribution in [0.3, 0.4) is 0 Å². The lowest BCUT2D eigenvalue weighted by molar-refractivity contribution is 0.199. The molecular weight excluding hydrogens is 276 g/mol. The maximum Gasteiger partial charge on any atom is 0.179 e. The zero-order valence-electron chi connectivity index (χ0n) is 9.35. The number of benzene rings is 1. The number of halogens is 1. The van der Waals surface area contributed by atoms with Crippen molar-refractivity contribution in [3.8, 4) is 0 Å². The fraction of sp³-hybridized carbons (Fsp3) is 0.273. The molecule has 0 bridgehead atoms. The van der Waals surface area contributed by atoms with Crippen molar-refractivity contribution in [2.75, 3.05) is 0 Å². The molecule has 0 fully saturated rings. The van der Waals surface area contributed by atoms with E-state index >= 15 is 0 Å². The third-order valence-corrected chi connectivity index (χ3v) is 4.34. The van der Waals surface area contributed by atoms with Gasteiger partial charge in [-0.3, -0.25) is 0 Å². The average Bonchev–Trinajstić information content (AvgIpc) is 2.63. The number of aryl methyl sites for hydroxylation is 1. The highest BCUT2D eigenvalue weighted by atomic mass is 35.5. The van der Waals surface area contributed by atoms with Gasteiger partial charge in [0, 0.05) is 9.92 Å². The van der Waals surface area contributed by atoms with Gasteiger partial charge in [0.15, 0.2) is 4.34 Å². The fourth-order valence-electron chi connectivity index (χ4n) is 1.33. The lowest BCUT2D eigenvalue weighted by atomic mass is 10.1. The van der Waals surface area contributed by atoms with Crippen molar-refractivity contribution < 1.29 is 5.11 Å². The molecule has 1 N–H and O–H groups in total. The summed E-state index contributed by atoms with van der Waals surface area (Å²) in [7, 11) is 0. The molecule has 0 radical (unpaired) electrons.